The minimum Gasteiger partial charge on any atom is -0.294 e. The van der Waals surface area contributed by atoms with E-state index in [0.29, 0.717) is 0 Å². The molecule has 6 nitrogen and oxygen atoms in total. The van der Waals surface area contributed by atoms with Gasteiger partial charge in [0.1, 0.15) is 6.61 Å². The summed E-state index contributed by atoms with van der Waals surface area (Å²) in [6.45, 7) is 2.84. The summed E-state index contributed by atoms with van der Waals surface area (Å²) in [7, 11) is -3.45. The largest absolute Gasteiger partial charge is 0.365 e. The molecule has 0 aromatic rings. The smallest absolute Gasteiger partial charge is 0.294 e. The van der Waals surface area contributed by atoms with Crippen molar-refractivity contribution in [3.63, 3.8) is 0 Å². The van der Waals surface area contributed by atoms with E-state index in [2.05, 4.69) is 29.2 Å². The average Bonchev–Trinajstić information content (AvgIpc) is 2.12. The number of hydrogen-bond donors (Lipinski definition) is 2. The third kappa shape index (κ3) is 6.58. The van der Waals surface area contributed by atoms with Crippen LogP contribution in [-0.2, 0) is 24.6 Å². The summed E-state index contributed by atoms with van der Waals surface area (Å²) < 4.78 is 23.1. The second kappa shape index (κ2) is 5.97. The first-order valence-corrected chi connectivity index (χ1v) is 5.21. The van der Waals surface area contributed by atoms with E-state index < -0.39 is 16.0 Å². The van der Waals surface area contributed by atoms with Crippen molar-refractivity contribution in [3.8, 4) is 0 Å². The van der Waals surface area contributed by atoms with Gasteiger partial charge in [-0.15, -0.1) is 0 Å². The van der Waals surface area contributed by atoms with E-state index in [4.69, 9.17) is 0 Å². The highest BCUT2D eigenvalue weighted by Crippen LogP contribution is 1.88. The van der Waals surface area contributed by atoms with Crippen LogP contribution >= 0.6 is 12.8 Å². The summed E-state index contributed by atoms with van der Waals surface area (Å²) >= 11 is 3.34. The van der Waals surface area contributed by atoms with Gasteiger partial charge in [-0.2, -0.15) is 9.01 Å². The number of hydrogen-bond acceptors (Lipinski definition) is 6. The molecule has 0 aliphatic carbocycles. The molecule has 0 radical (unpaired) electrons. The Hall–Kier alpha value is -0.570. The van der Waals surface area contributed by atoms with Gasteiger partial charge in [-0.3, -0.25) is 4.89 Å². The van der Waals surface area contributed by atoms with Crippen LogP contribution in [0.25, 0.3) is 0 Å². The van der Waals surface area contributed by atoms with Gasteiger partial charge >= 0.3 is 5.97 Å². The zero-order chi connectivity index (χ0) is 10.3. The maximum absolute atomic E-state index is 10.7. The Kier molecular flexibility index (Phi) is 5.71. The Morgan fingerprint density at radius 3 is 2.69 bits per heavy atom. The minimum absolute atomic E-state index is 0.268. The molecule has 8 heteroatoms. The van der Waals surface area contributed by atoms with E-state index in [1.165, 1.54) is 0 Å². The molecule has 0 atom stereocenters. The lowest BCUT2D eigenvalue weighted by Crippen LogP contribution is -2.21. The molecule has 0 spiro atoms. The van der Waals surface area contributed by atoms with Crippen LogP contribution in [0, 0.1) is 0 Å². The van der Waals surface area contributed by atoms with Crippen molar-refractivity contribution in [2.75, 3.05) is 12.4 Å². The molecule has 0 saturated carbocycles. The van der Waals surface area contributed by atoms with Gasteiger partial charge in [-0.05, 0) is 0 Å². The Labute approximate surface area is 81.4 Å². The van der Waals surface area contributed by atoms with Crippen LogP contribution in [0.4, 0.5) is 0 Å². The van der Waals surface area contributed by atoms with E-state index in [1.807, 2.05) is 0 Å². The van der Waals surface area contributed by atoms with Crippen LogP contribution in [0.1, 0.15) is 0 Å². The summed E-state index contributed by atoms with van der Waals surface area (Å²) in [5.41, 5.74) is 0. The maximum Gasteiger partial charge on any atom is 0.365 e. The van der Waals surface area contributed by atoms with E-state index in [9.17, 15) is 13.2 Å². The lowest BCUT2D eigenvalue weighted by atomic mass is 10.7. The minimum atomic E-state index is -3.45. The van der Waals surface area contributed by atoms with Gasteiger partial charge < -0.3 is 0 Å². The average molecular weight is 227 g/mol. The molecule has 0 rings (SSSR count). The highest BCUT2D eigenvalue weighted by atomic mass is 32.3. The van der Waals surface area contributed by atoms with Crippen molar-refractivity contribution in [3.05, 3.63) is 12.7 Å². The fourth-order valence-electron chi connectivity index (χ4n) is 0.323. The van der Waals surface area contributed by atoms with Crippen molar-refractivity contribution in [1.82, 2.24) is 4.13 Å². The Bertz CT molecular complexity index is 273. The van der Waals surface area contributed by atoms with Crippen LogP contribution in [0.2, 0.25) is 0 Å². The van der Waals surface area contributed by atoms with E-state index in [0.717, 1.165) is 6.08 Å². The van der Waals surface area contributed by atoms with Crippen molar-refractivity contribution in [1.29, 1.82) is 0 Å². The molecule has 0 unspecified atom stereocenters. The Morgan fingerprint density at radius 1 is 1.62 bits per heavy atom. The molecule has 13 heavy (non-hydrogen) atoms. The monoisotopic (exact) mass is 227 g/mol. The van der Waals surface area contributed by atoms with Gasteiger partial charge in [0.15, 0.2) is 0 Å². The SMILES string of the molecule is C=CC(=O)OOCCS(=O)(=O)NS. The topological polar surface area (TPSA) is 81.7 Å². The zero-order valence-electron chi connectivity index (χ0n) is 6.60. The molecule has 0 aromatic heterocycles. The summed E-state index contributed by atoms with van der Waals surface area (Å²) in [4.78, 5) is 18.7. The molecule has 0 bridgehead atoms. The van der Waals surface area contributed by atoms with Crippen LogP contribution in [0.5, 0.6) is 0 Å². The second-order valence-corrected chi connectivity index (χ2v) is 4.21. The quantitative estimate of drug-likeness (QED) is 0.208. The molecule has 0 aromatic carbocycles. The molecule has 0 heterocycles. The van der Waals surface area contributed by atoms with E-state index >= 15 is 0 Å². The number of carbonyl (C=O) groups is 1. The van der Waals surface area contributed by atoms with E-state index in [-0.39, 0.29) is 12.4 Å². The molecular formula is C5H9NO5S2. The number of sulfonamides is 1. The molecular weight excluding hydrogens is 218 g/mol. The van der Waals surface area contributed by atoms with E-state index in [1.54, 1.807) is 4.13 Å². The first-order chi connectivity index (χ1) is 6.02. The van der Waals surface area contributed by atoms with Gasteiger partial charge in [0.05, 0.1) is 5.75 Å². The molecule has 0 fully saturated rings. The van der Waals surface area contributed by atoms with Crippen molar-refractivity contribution in [2.45, 2.75) is 0 Å². The standard InChI is InChI=1S/C5H9NO5S2/c1-2-5(7)11-10-3-4-13(8,9)6-12/h2,6,12H,1,3-4H2. The molecule has 0 aliphatic heterocycles. The summed E-state index contributed by atoms with van der Waals surface area (Å²) in [6.07, 6.45) is 0.894. The molecule has 0 amide bonds. The maximum atomic E-state index is 10.7. The first-order valence-electron chi connectivity index (χ1n) is 3.11. The molecule has 1 N–H and O–H groups in total. The lowest BCUT2D eigenvalue weighted by Gasteiger charge is -2.01. The molecule has 0 saturated heterocycles. The van der Waals surface area contributed by atoms with Crippen LogP contribution in [-0.4, -0.2) is 26.7 Å². The summed E-state index contributed by atoms with van der Waals surface area (Å²) in [5, 5.41) is 0. The first kappa shape index (κ1) is 12.4. The summed E-state index contributed by atoms with van der Waals surface area (Å²) in [5.74, 6) is -1.13. The Balaban J connectivity index is 3.58. The number of thiol groups is 1. The zero-order valence-corrected chi connectivity index (χ0v) is 8.31. The number of rotatable bonds is 6. The number of carbonyl (C=O) groups excluding carboxylic acids is 1. The summed E-state index contributed by atoms with van der Waals surface area (Å²) in [6, 6.07) is 0. The fraction of sp³-hybridized carbons (Fsp3) is 0.400. The molecule has 0 aliphatic rings. The highest BCUT2D eigenvalue weighted by molar-refractivity contribution is 8.00. The van der Waals surface area contributed by atoms with Crippen LogP contribution in [0.3, 0.4) is 0 Å². The molecule has 76 valence electrons. The Morgan fingerprint density at radius 2 is 2.23 bits per heavy atom. The fourth-order valence-corrected chi connectivity index (χ4v) is 0.976. The van der Waals surface area contributed by atoms with Crippen LogP contribution in [0.15, 0.2) is 12.7 Å². The highest BCUT2D eigenvalue weighted by Gasteiger charge is 2.07. The number of nitrogens with one attached hydrogen (secondary N) is 1. The van der Waals surface area contributed by atoms with Crippen molar-refractivity contribution >= 4 is 28.8 Å². The van der Waals surface area contributed by atoms with Gasteiger partial charge in [-0.25, -0.2) is 13.2 Å². The predicted molar refractivity (Wildman–Crippen MR) is 48.1 cm³/mol. The third-order valence-electron chi connectivity index (χ3n) is 0.882. The second-order valence-electron chi connectivity index (χ2n) is 1.84. The van der Waals surface area contributed by atoms with Gasteiger partial charge in [0, 0.05) is 6.08 Å². The van der Waals surface area contributed by atoms with Crippen molar-refractivity contribution < 1.29 is 23.0 Å². The van der Waals surface area contributed by atoms with Gasteiger partial charge in [-0.1, -0.05) is 19.4 Å². The lowest BCUT2D eigenvalue weighted by molar-refractivity contribution is -0.263. The predicted octanol–water partition coefficient (Wildman–Crippen LogP) is -0.589. The normalized spacial score (nSPS) is 10.8. The van der Waals surface area contributed by atoms with Crippen LogP contribution < -0.4 is 4.13 Å². The van der Waals surface area contributed by atoms with Crippen molar-refractivity contribution in [2.24, 2.45) is 0 Å². The third-order valence-corrected chi connectivity index (χ3v) is 2.70. The van der Waals surface area contributed by atoms with Gasteiger partial charge in [0.25, 0.3) is 0 Å². The van der Waals surface area contributed by atoms with Gasteiger partial charge in [0.2, 0.25) is 10.0 Å².